The van der Waals surface area contributed by atoms with Gasteiger partial charge in [0.15, 0.2) is 5.43 Å². The van der Waals surface area contributed by atoms with Crippen LogP contribution in [-0.2, 0) is 4.74 Å². The van der Waals surface area contributed by atoms with Crippen LogP contribution in [0.15, 0.2) is 47.3 Å². The Bertz CT molecular complexity index is 864. The monoisotopic (exact) mass is 267 g/mol. The summed E-state index contributed by atoms with van der Waals surface area (Å²) in [7, 11) is 0. The lowest BCUT2D eigenvalue weighted by molar-refractivity contribution is 0.0528. The number of esters is 1. The summed E-state index contributed by atoms with van der Waals surface area (Å²) in [5, 5.41) is 1.11. The highest BCUT2D eigenvalue weighted by atomic mass is 16.5. The Labute approximate surface area is 115 Å². The minimum absolute atomic E-state index is 0.0829. The van der Waals surface area contributed by atoms with Gasteiger partial charge >= 0.3 is 5.97 Å². The number of rotatable bonds is 2. The third-order valence-electron chi connectivity index (χ3n) is 3.24. The third kappa shape index (κ3) is 1.86. The van der Waals surface area contributed by atoms with Crippen LogP contribution in [0.5, 0.6) is 0 Å². The van der Waals surface area contributed by atoms with Crippen LogP contribution in [-0.4, -0.2) is 17.6 Å². The van der Waals surface area contributed by atoms with Crippen LogP contribution < -0.4 is 5.43 Å². The van der Waals surface area contributed by atoms with Crippen LogP contribution in [0.2, 0.25) is 0 Å². The average molecular weight is 267 g/mol. The van der Waals surface area contributed by atoms with Gasteiger partial charge in [0.2, 0.25) is 0 Å². The van der Waals surface area contributed by atoms with Crippen LogP contribution in [0.4, 0.5) is 0 Å². The number of hydrogen-bond donors (Lipinski definition) is 1. The molecule has 100 valence electrons. The molecular weight excluding hydrogens is 254 g/mol. The van der Waals surface area contributed by atoms with Gasteiger partial charge in [0.1, 0.15) is 0 Å². The maximum Gasteiger partial charge on any atom is 0.340 e. The molecule has 4 nitrogen and oxygen atoms in total. The van der Waals surface area contributed by atoms with Gasteiger partial charge in [0, 0.05) is 16.3 Å². The highest BCUT2D eigenvalue weighted by molar-refractivity contribution is 6.05. The molecule has 0 aliphatic heterocycles. The molecule has 3 rings (SSSR count). The van der Waals surface area contributed by atoms with E-state index in [1.165, 1.54) is 0 Å². The van der Waals surface area contributed by atoms with E-state index in [9.17, 15) is 9.59 Å². The number of hydrogen-bond acceptors (Lipinski definition) is 3. The largest absolute Gasteiger partial charge is 0.462 e. The van der Waals surface area contributed by atoms with Gasteiger partial charge in [-0.25, -0.2) is 4.79 Å². The highest BCUT2D eigenvalue weighted by Gasteiger charge is 2.14. The van der Waals surface area contributed by atoms with E-state index in [2.05, 4.69) is 4.98 Å². The standard InChI is InChI=1S/C16H13NO3/c1-2-20-16(19)12-8-5-7-11-14(12)17-13-9-4-3-6-10(13)15(11)18/h3-9H,2H2,1H3,(H,17,18). The number of aromatic nitrogens is 1. The van der Waals surface area contributed by atoms with Crippen molar-refractivity contribution in [1.82, 2.24) is 4.98 Å². The molecular formula is C16H13NO3. The van der Waals surface area contributed by atoms with Gasteiger partial charge in [-0.2, -0.15) is 0 Å². The van der Waals surface area contributed by atoms with E-state index >= 15 is 0 Å². The van der Waals surface area contributed by atoms with Crippen LogP contribution in [0.25, 0.3) is 21.8 Å². The van der Waals surface area contributed by atoms with Gasteiger partial charge in [0.25, 0.3) is 0 Å². The summed E-state index contributed by atoms with van der Waals surface area (Å²) in [6, 6.07) is 12.3. The topological polar surface area (TPSA) is 59.2 Å². The maximum absolute atomic E-state index is 12.4. The number of ether oxygens (including phenoxy) is 1. The lowest BCUT2D eigenvalue weighted by Crippen LogP contribution is -2.10. The zero-order chi connectivity index (χ0) is 14.1. The number of H-pyrrole nitrogens is 1. The van der Waals surface area contributed by atoms with E-state index in [-0.39, 0.29) is 5.43 Å². The Kier molecular flexibility index (Phi) is 2.99. The Morgan fingerprint density at radius 3 is 2.65 bits per heavy atom. The molecule has 0 radical (unpaired) electrons. The van der Waals surface area contributed by atoms with Gasteiger partial charge in [-0.1, -0.05) is 18.2 Å². The van der Waals surface area contributed by atoms with Gasteiger partial charge in [-0.15, -0.1) is 0 Å². The number of nitrogens with one attached hydrogen (secondary N) is 1. The molecule has 0 aliphatic carbocycles. The second kappa shape index (κ2) is 4.81. The van der Waals surface area contributed by atoms with Crippen LogP contribution >= 0.6 is 0 Å². The van der Waals surface area contributed by atoms with Crippen molar-refractivity contribution in [1.29, 1.82) is 0 Å². The summed E-state index contributed by atoms with van der Waals surface area (Å²) in [6.45, 7) is 2.05. The molecule has 20 heavy (non-hydrogen) atoms. The summed E-state index contributed by atoms with van der Waals surface area (Å²) in [5.74, 6) is -0.427. The van der Waals surface area contributed by atoms with Crippen molar-refractivity contribution in [2.75, 3.05) is 6.61 Å². The molecule has 0 bridgehead atoms. The fourth-order valence-corrected chi connectivity index (χ4v) is 2.33. The molecule has 0 atom stereocenters. The molecule has 0 unspecified atom stereocenters. The molecule has 0 spiro atoms. The minimum atomic E-state index is -0.427. The summed E-state index contributed by atoms with van der Waals surface area (Å²) in [5.41, 5.74) is 1.53. The van der Waals surface area contributed by atoms with Crippen molar-refractivity contribution in [3.63, 3.8) is 0 Å². The number of fused-ring (bicyclic) bond motifs is 2. The number of carbonyl (C=O) groups is 1. The number of para-hydroxylation sites is 2. The summed E-state index contributed by atoms with van der Waals surface area (Å²) in [6.07, 6.45) is 0. The SMILES string of the molecule is CCOC(=O)c1cccc2c(=O)c3ccccc3[nH]c12. The zero-order valence-electron chi connectivity index (χ0n) is 11.0. The molecule has 0 fully saturated rings. The predicted molar refractivity (Wildman–Crippen MR) is 78.0 cm³/mol. The Hall–Kier alpha value is -2.62. The molecule has 1 aromatic heterocycles. The smallest absolute Gasteiger partial charge is 0.340 e. The molecule has 2 aromatic carbocycles. The van der Waals surface area contributed by atoms with Crippen molar-refractivity contribution in [3.8, 4) is 0 Å². The first-order valence-corrected chi connectivity index (χ1v) is 6.43. The number of pyridine rings is 1. The Balaban J connectivity index is 2.40. The molecule has 0 aliphatic rings. The van der Waals surface area contributed by atoms with Crippen molar-refractivity contribution < 1.29 is 9.53 Å². The summed E-state index contributed by atoms with van der Waals surface area (Å²) < 4.78 is 5.03. The normalized spacial score (nSPS) is 10.8. The zero-order valence-corrected chi connectivity index (χ0v) is 11.0. The first-order valence-electron chi connectivity index (χ1n) is 6.43. The second-order valence-corrected chi connectivity index (χ2v) is 4.45. The fraction of sp³-hybridized carbons (Fsp3) is 0.125. The molecule has 0 saturated heterocycles. The Morgan fingerprint density at radius 2 is 1.85 bits per heavy atom. The van der Waals surface area contributed by atoms with Crippen LogP contribution in [0, 0.1) is 0 Å². The van der Waals surface area contributed by atoms with E-state index < -0.39 is 5.97 Å². The third-order valence-corrected chi connectivity index (χ3v) is 3.24. The molecule has 0 saturated carbocycles. The predicted octanol–water partition coefficient (Wildman–Crippen LogP) is 2.86. The molecule has 1 heterocycles. The van der Waals surface area contributed by atoms with E-state index in [0.717, 1.165) is 0 Å². The van der Waals surface area contributed by atoms with Crippen molar-refractivity contribution in [2.45, 2.75) is 6.92 Å². The number of carbonyl (C=O) groups excluding carboxylic acids is 1. The quantitative estimate of drug-likeness (QED) is 0.573. The molecule has 0 amide bonds. The first-order chi connectivity index (χ1) is 9.72. The van der Waals surface area contributed by atoms with E-state index in [0.29, 0.717) is 34.0 Å². The highest BCUT2D eigenvalue weighted by Crippen LogP contribution is 2.18. The van der Waals surface area contributed by atoms with Gasteiger partial charge in [-0.05, 0) is 31.2 Å². The van der Waals surface area contributed by atoms with Crippen LogP contribution in [0.3, 0.4) is 0 Å². The molecule has 3 aromatic rings. The summed E-state index contributed by atoms with van der Waals surface area (Å²) in [4.78, 5) is 27.6. The first kappa shape index (κ1) is 12.4. The maximum atomic E-state index is 12.4. The molecule has 1 N–H and O–H groups in total. The average Bonchev–Trinajstić information content (AvgIpc) is 2.47. The van der Waals surface area contributed by atoms with Crippen molar-refractivity contribution in [3.05, 3.63) is 58.3 Å². The second-order valence-electron chi connectivity index (χ2n) is 4.45. The van der Waals surface area contributed by atoms with Crippen LogP contribution in [0.1, 0.15) is 17.3 Å². The lowest BCUT2D eigenvalue weighted by Gasteiger charge is -2.07. The Morgan fingerprint density at radius 1 is 1.10 bits per heavy atom. The van der Waals surface area contributed by atoms with E-state index in [1.807, 2.05) is 18.2 Å². The number of benzene rings is 2. The number of aromatic amines is 1. The minimum Gasteiger partial charge on any atom is -0.462 e. The molecule has 4 heteroatoms. The van der Waals surface area contributed by atoms with Gasteiger partial charge in [0.05, 0.1) is 17.7 Å². The lowest BCUT2D eigenvalue weighted by atomic mass is 10.1. The van der Waals surface area contributed by atoms with Gasteiger partial charge in [-0.3, -0.25) is 4.79 Å². The fourth-order valence-electron chi connectivity index (χ4n) is 2.33. The summed E-state index contributed by atoms with van der Waals surface area (Å²) >= 11 is 0. The van der Waals surface area contributed by atoms with Crippen molar-refractivity contribution in [2.24, 2.45) is 0 Å². The van der Waals surface area contributed by atoms with E-state index in [1.54, 1.807) is 31.2 Å². The van der Waals surface area contributed by atoms with Gasteiger partial charge < -0.3 is 9.72 Å². The van der Waals surface area contributed by atoms with Crippen molar-refractivity contribution >= 4 is 27.8 Å². The van der Waals surface area contributed by atoms with E-state index in [4.69, 9.17) is 4.74 Å².